The van der Waals surface area contributed by atoms with Crippen LogP contribution in [-0.4, -0.2) is 47.8 Å². The van der Waals surface area contributed by atoms with Crippen molar-refractivity contribution in [2.24, 2.45) is 5.92 Å². The summed E-state index contributed by atoms with van der Waals surface area (Å²) in [6.07, 6.45) is 3.23. The standard InChI is InChI=1S/C23H26N2O2S/c26-22(19-10-7-11-19)24-14-16-25(17-15-24)23(27)21(18-8-3-1-4-9-18)28-20-12-5-2-6-13-20/h1-6,8-9,12-13,19,21H,7,10-11,14-17H2. The Balaban J connectivity index is 1.44. The smallest absolute Gasteiger partial charge is 0.240 e. The summed E-state index contributed by atoms with van der Waals surface area (Å²) in [6.45, 7) is 2.54. The van der Waals surface area contributed by atoms with Crippen molar-refractivity contribution < 1.29 is 9.59 Å². The number of piperazine rings is 1. The van der Waals surface area contributed by atoms with Gasteiger partial charge in [-0.15, -0.1) is 11.8 Å². The lowest BCUT2D eigenvalue weighted by Gasteiger charge is -2.39. The lowest BCUT2D eigenvalue weighted by atomic mass is 9.84. The molecule has 4 nitrogen and oxygen atoms in total. The highest BCUT2D eigenvalue weighted by atomic mass is 32.2. The van der Waals surface area contributed by atoms with Gasteiger partial charge in [0, 0.05) is 37.0 Å². The summed E-state index contributed by atoms with van der Waals surface area (Å²) in [4.78, 5) is 30.8. The lowest BCUT2D eigenvalue weighted by Crippen LogP contribution is -2.53. The number of amides is 2. The van der Waals surface area contributed by atoms with E-state index in [4.69, 9.17) is 0 Å². The molecule has 0 spiro atoms. The number of carbonyl (C=O) groups excluding carboxylic acids is 2. The average molecular weight is 395 g/mol. The Bertz CT molecular complexity index is 800. The Hall–Kier alpha value is -2.27. The van der Waals surface area contributed by atoms with Gasteiger partial charge in [-0.05, 0) is 30.5 Å². The molecule has 28 heavy (non-hydrogen) atoms. The normalized spacial score (nSPS) is 18.4. The van der Waals surface area contributed by atoms with Crippen LogP contribution in [0.15, 0.2) is 65.6 Å². The van der Waals surface area contributed by atoms with Crippen LogP contribution in [0, 0.1) is 5.92 Å². The van der Waals surface area contributed by atoms with Gasteiger partial charge in [0.2, 0.25) is 11.8 Å². The molecule has 1 aliphatic carbocycles. The van der Waals surface area contributed by atoms with E-state index in [1.807, 2.05) is 70.5 Å². The predicted molar refractivity (Wildman–Crippen MR) is 112 cm³/mol. The number of rotatable bonds is 5. The average Bonchev–Trinajstić information content (AvgIpc) is 2.72. The van der Waals surface area contributed by atoms with Crippen LogP contribution in [0.1, 0.15) is 30.1 Å². The van der Waals surface area contributed by atoms with Crippen molar-refractivity contribution in [1.82, 2.24) is 9.80 Å². The monoisotopic (exact) mass is 394 g/mol. The van der Waals surface area contributed by atoms with E-state index in [1.165, 1.54) is 6.42 Å². The molecule has 1 atom stereocenters. The predicted octanol–water partition coefficient (Wildman–Crippen LogP) is 3.99. The van der Waals surface area contributed by atoms with Gasteiger partial charge in [0.15, 0.2) is 0 Å². The maximum absolute atomic E-state index is 13.4. The van der Waals surface area contributed by atoms with Gasteiger partial charge < -0.3 is 9.80 Å². The topological polar surface area (TPSA) is 40.6 Å². The number of benzene rings is 2. The van der Waals surface area contributed by atoms with Crippen LogP contribution >= 0.6 is 11.8 Å². The van der Waals surface area contributed by atoms with Crippen molar-refractivity contribution in [3.63, 3.8) is 0 Å². The van der Waals surface area contributed by atoms with Crippen molar-refractivity contribution in [1.29, 1.82) is 0 Å². The number of thioether (sulfide) groups is 1. The lowest BCUT2D eigenvalue weighted by molar-refractivity contribution is -0.143. The molecule has 1 saturated heterocycles. The van der Waals surface area contributed by atoms with E-state index in [0.29, 0.717) is 26.2 Å². The van der Waals surface area contributed by atoms with Crippen LogP contribution in [0.2, 0.25) is 0 Å². The van der Waals surface area contributed by atoms with Crippen LogP contribution in [-0.2, 0) is 9.59 Å². The molecule has 0 N–H and O–H groups in total. The number of hydrogen-bond acceptors (Lipinski definition) is 3. The number of nitrogens with zero attached hydrogens (tertiary/aromatic N) is 2. The molecule has 1 heterocycles. The highest BCUT2D eigenvalue weighted by Crippen LogP contribution is 2.37. The summed E-state index contributed by atoms with van der Waals surface area (Å²) >= 11 is 1.60. The summed E-state index contributed by atoms with van der Waals surface area (Å²) in [7, 11) is 0. The Morgan fingerprint density at radius 3 is 1.96 bits per heavy atom. The molecule has 1 unspecified atom stereocenters. The molecule has 2 amide bonds. The molecule has 4 rings (SSSR count). The minimum Gasteiger partial charge on any atom is -0.339 e. The molecule has 5 heteroatoms. The zero-order valence-corrected chi connectivity index (χ0v) is 16.8. The summed E-state index contributed by atoms with van der Waals surface area (Å²) < 4.78 is 0. The summed E-state index contributed by atoms with van der Waals surface area (Å²) in [5, 5.41) is -0.266. The molecule has 0 aromatic heterocycles. The SMILES string of the molecule is O=C(C1CCC1)N1CCN(C(=O)C(Sc2ccccc2)c2ccccc2)CC1. The second kappa shape index (κ2) is 8.82. The van der Waals surface area contributed by atoms with E-state index in [1.54, 1.807) is 11.8 Å². The van der Waals surface area contributed by atoms with Crippen LogP contribution in [0.3, 0.4) is 0 Å². The maximum Gasteiger partial charge on any atom is 0.240 e. The molecule has 0 radical (unpaired) electrons. The largest absolute Gasteiger partial charge is 0.339 e. The van der Waals surface area contributed by atoms with E-state index in [0.717, 1.165) is 23.3 Å². The fourth-order valence-corrected chi connectivity index (χ4v) is 4.88. The second-order valence-corrected chi connectivity index (χ2v) is 8.68. The van der Waals surface area contributed by atoms with E-state index >= 15 is 0 Å². The van der Waals surface area contributed by atoms with E-state index in [-0.39, 0.29) is 23.0 Å². The van der Waals surface area contributed by atoms with Crippen molar-refractivity contribution in [3.05, 3.63) is 66.2 Å². The third-order valence-electron chi connectivity index (χ3n) is 5.68. The van der Waals surface area contributed by atoms with Crippen molar-refractivity contribution in [2.45, 2.75) is 29.4 Å². The minimum absolute atomic E-state index is 0.135. The molecule has 1 aliphatic heterocycles. The fourth-order valence-electron chi connectivity index (χ4n) is 3.75. The van der Waals surface area contributed by atoms with Crippen LogP contribution in [0.4, 0.5) is 0 Å². The van der Waals surface area contributed by atoms with Gasteiger partial charge in [-0.1, -0.05) is 55.0 Å². The van der Waals surface area contributed by atoms with Gasteiger partial charge in [-0.25, -0.2) is 0 Å². The Kier molecular flexibility index (Phi) is 6.01. The summed E-state index contributed by atoms with van der Waals surface area (Å²) in [5.41, 5.74) is 1.02. The fraction of sp³-hybridized carbons (Fsp3) is 0.391. The second-order valence-electron chi connectivity index (χ2n) is 7.50. The number of hydrogen-bond donors (Lipinski definition) is 0. The third-order valence-corrected chi connectivity index (χ3v) is 6.94. The first kappa shape index (κ1) is 19.1. The van der Waals surface area contributed by atoms with Crippen LogP contribution in [0.5, 0.6) is 0 Å². The van der Waals surface area contributed by atoms with Gasteiger partial charge in [0.05, 0.1) is 0 Å². The first-order valence-electron chi connectivity index (χ1n) is 10.1. The van der Waals surface area contributed by atoms with Crippen molar-refractivity contribution in [2.75, 3.05) is 26.2 Å². The Morgan fingerprint density at radius 2 is 1.39 bits per heavy atom. The van der Waals surface area contributed by atoms with Crippen molar-refractivity contribution in [3.8, 4) is 0 Å². The number of carbonyl (C=O) groups is 2. The molecule has 2 aliphatic rings. The van der Waals surface area contributed by atoms with E-state index in [9.17, 15) is 9.59 Å². The maximum atomic E-state index is 13.4. The first-order chi connectivity index (χ1) is 13.7. The highest BCUT2D eigenvalue weighted by Gasteiger charge is 2.34. The molecule has 146 valence electrons. The molecular formula is C23H26N2O2S. The molecule has 2 aromatic rings. The molecule has 1 saturated carbocycles. The summed E-state index contributed by atoms with van der Waals surface area (Å²) in [6, 6.07) is 20.1. The van der Waals surface area contributed by atoms with Gasteiger partial charge in [-0.3, -0.25) is 9.59 Å². The van der Waals surface area contributed by atoms with E-state index < -0.39 is 0 Å². The Morgan fingerprint density at radius 1 is 0.821 bits per heavy atom. The quantitative estimate of drug-likeness (QED) is 0.720. The molecule has 0 bridgehead atoms. The van der Waals surface area contributed by atoms with Gasteiger partial charge >= 0.3 is 0 Å². The first-order valence-corrected chi connectivity index (χ1v) is 10.9. The van der Waals surface area contributed by atoms with E-state index in [2.05, 4.69) is 0 Å². The zero-order chi connectivity index (χ0) is 19.3. The zero-order valence-electron chi connectivity index (χ0n) is 16.0. The van der Waals surface area contributed by atoms with Crippen LogP contribution in [0.25, 0.3) is 0 Å². The van der Waals surface area contributed by atoms with Gasteiger partial charge in [-0.2, -0.15) is 0 Å². The minimum atomic E-state index is -0.266. The van der Waals surface area contributed by atoms with Crippen LogP contribution < -0.4 is 0 Å². The highest BCUT2D eigenvalue weighted by molar-refractivity contribution is 8.00. The molecule has 2 aromatic carbocycles. The van der Waals surface area contributed by atoms with Gasteiger partial charge in [0.1, 0.15) is 5.25 Å². The Labute approximate surface area is 170 Å². The molecule has 2 fully saturated rings. The third kappa shape index (κ3) is 4.25. The summed E-state index contributed by atoms with van der Waals surface area (Å²) in [5.74, 6) is 0.653. The molecular weight excluding hydrogens is 368 g/mol. The van der Waals surface area contributed by atoms with Crippen molar-refractivity contribution >= 4 is 23.6 Å². The van der Waals surface area contributed by atoms with Gasteiger partial charge in [0.25, 0.3) is 0 Å².